The summed E-state index contributed by atoms with van der Waals surface area (Å²) in [5, 5.41) is 3.01. The number of benzene rings is 1. The van der Waals surface area contributed by atoms with Crippen LogP contribution in [0.3, 0.4) is 0 Å². The number of alkyl halides is 6. The summed E-state index contributed by atoms with van der Waals surface area (Å²) in [4.78, 5) is 12.5. The molecule has 234 valence electrons. The van der Waals surface area contributed by atoms with Crippen LogP contribution < -0.4 is 10.0 Å². The van der Waals surface area contributed by atoms with Crippen molar-refractivity contribution in [2.24, 2.45) is 5.92 Å². The van der Waals surface area contributed by atoms with Crippen LogP contribution in [-0.2, 0) is 28.4 Å². The molecule has 13 heteroatoms. The summed E-state index contributed by atoms with van der Waals surface area (Å²) in [6, 6.07) is 4.57. The van der Waals surface area contributed by atoms with Crippen LogP contribution in [-0.4, -0.2) is 45.7 Å². The van der Waals surface area contributed by atoms with Crippen molar-refractivity contribution < 1.29 is 40.1 Å². The van der Waals surface area contributed by atoms with Crippen LogP contribution in [0.2, 0.25) is 0 Å². The molecule has 2 aromatic rings. The van der Waals surface area contributed by atoms with Gasteiger partial charge in [0, 0.05) is 37.2 Å². The highest BCUT2D eigenvalue weighted by atomic mass is 32.2. The molecule has 1 aromatic heterocycles. The van der Waals surface area contributed by atoms with Gasteiger partial charge in [-0.15, -0.1) is 0 Å². The average molecular weight is 622 g/mol. The number of carbonyl (C=O) groups is 1. The third-order valence-electron chi connectivity index (χ3n) is 8.17. The van der Waals surface area contributed by atoms with E-state index in [2.05, 4.69) is 5.32 Å². The number of hydrogen-bond donors (Lipinski definition) is 2. The lowest BCUT2D eigenvalue weighted by Gasteiger charge is -2.28. The van der Waals surface area contributed by atoms with Gasteiger partial charge in [0.2, 0.25) is 0 Å². The zero-order valence-electron chi connectivity index (χ0n) is 23.9. The number of halogens is 6. The Morgan fingerprint density at radius 2 is 1.64 bits per heavy atom. The predicted octanol–water partition coefficient (Wildman–Crippen LogP) is 6.92. The van der Waals surface area contributed by atoms with Gasteiger partial charge in [-0.05, 0) is 76.1 Å². The molecule has 1 aliphatic carbocycles. The standard InChI is InChI=1S/C29H37F6N3O3S/c1-18-22(26(39)36-21-11-13-41-14-12-21)16-24(38(18)17-19-7-5-4-6-8-19)20-9-10-25(23(15-20)28(30,31)32)42(40)37-27(2,3)29(33,34)35/h9-10,15-16,19,21,37H,4-8,11-14,17H2,1-3H3,(H,36,39). The zero-order chi connectivity index (χ0) is 30.9. The van der Waals surface area contributed by atoms with E-state index in [9.17, 15) is 35.3 Å². The van der Waals surface area contributed by atoms with Gasteiger partial charge in [0.1, 0.15) is 16.5 Å². The molecule has 2 N–H and O–H groups in total. The van der Waals surface area contributed by atoms with E-state index in [4.69, 9.17) is 4.74 Å². The van der Waals surface area contributed by atoms with E-state index in [1.807, 2.05) is 4.57 Å². The van der Waals surface area contributed by atoms with Gasteiger partial charge in [0.25, 0.3) is 5.91 Å². The first-order valence-electron chi connectivity index (χ1n) is 14.1. The number of nitrogens with zero attached hydrogens (tertiary/aromatic N) is 1. The molecule has 2 heterocycles. The fourth-order valence-corrected chi connectivity index (χ4v) is 6.75. The molecule has 1 amide bonds. The molecule has 2 fully saturated rings. The Hall–Kier alpha value is -2.38. The quantitative estimate of drug-likeness (QED) is 0.314. The van der Waals surface area contributed by atoms with Gasteiger partial charge in [-0.3, -0.25) is 4.79 Å². The first kappa shape index (κ1) is 32.5. The van der Waals surface area contributed by atoms with Crippen LogP contribution in [0, 0.1) is 12.8 Å². The van der Waals surface area contributed by atoms with E-state index in [1.54, 1.807) is 17.7 Å². The molecule has 1 unspecified atom stereocenters. The minimum Gasteiger partial charge on any atom is -0.381 e. The monoisotopic (exact) mass is 621 g/mol. The van der Waals surface area contributed by atoms with Crippen molar-refractivity contribution in [3.05, 3.63) is 41.1 Å². The Morgan fingerprint density at radius 3 is 2.24 bits per heavy atom. The Labute approximate surface area is 244 Å². The summed E-state index contributed by atoms with van der Waals surface area (Å²) in [5.74, 6) is -0.0342. The number of rotatable bonds is 8. The topological polar surface area (TPSA) is 72.4 Å². The molecule has 1 saturated heterocycles. The Kier molecular flexibility index (Phi) is 9.83. The molecule has 42 heavy (non-hydrogen) atoms. The van der Waals surface area contributed by atoms with Gasteiger partial charge < -0.3 is 14.6 Å². The summed E-state index contributed by atoms with van der Waals surface area (Å²) in [6.07, 6.45) is -3.36. The zero-order valence-corrected chi connectivity index (χ0v) is 24.7. The lowest BCUT2D eigenvalue weighted by Crippen LogP contribution is -2.52. The second-order valence-corrected chi connectivity index (χ2v) is 12.9. The highest BCUT2D eigenvalue weighted by Gasteiger charge is 2.49. The number of amides is 1. The molecular formula is C29H37F6N3O3S. The minimum absolute atomic E-state index is 0.0738. The SMILES string of the molecule is Cc1c(C(=O)NC2CCOCC2)cc(-c2ccc(S(=O)NC(C)(C)C(F)(F)F)c(C(F)(F)F)c2)n1CC1CCCCC1. The minimum atomic E-state index is -5.00. The molecule has 0 spiro atoms. The summed E-state index contributed by atoms with van der Waals surface area (Å²) >= 11 is 0. The van der Waals surface area contributed by atoms with Crippen molar-refractivity contribution in [1.82, 2.24) is 14.6 Å². The van der Waals surface area contributed by atoms with E-state index < -0.39 is 39.3 Å². The van der Waals surface area contributed by atoms with Crippen molar-refractivity contribution in [2.75, 3.05) is 13.2 Å². The third-order valence-corrected chi connectivity index (χ3v) is 9.62. The van der Waals surface area contributed by atoms with Gasteiger partial charge in [-0.25, -0.2) is 8.93 Å². The summed E-state index contributed by atoms with van der Waals surface area (Å²) in [5.41, 5.74) is -2.52. The van der Waals surface area contributed by atoms with E-state index in [0.717, 1.165) is 44.2 Å². The highest BCUT2D eigenvalue weighted by molar-refractivity contribution is 7.83. The fraction of sp³-hybridized carbons (Fsp3) is 0.621. The molecule has 1 saturated carbocycles. The third kappa shape index (κ3) is 7.39. The average Bonchev–Trinajstić information content (AvgIpc) is 3.24. The van der Waals surface area contributed by atoms with Gasteiger partial charge in [0.05, 0.1) is 16.0 Å². The Bertz CT molecular complexity index is 1290. The molecule has 1 aliphatic heterocycles. The van der Waals surface area contributed by atoms with Crippen LogP contribution in [0.15, 0.2) is 29.2 Å². The maximum absolute atomic E-state index is 14.3. The first-order valence-corrected chi connectivity index (χ1v) is 15.3. The molecule has 2 aliphatic rings. The molecule has 0 bridgehead atoms. The smallest absolute Gasteiger partial charge is 0.381 e. The van der Waals surface area contributed by atoms with E-state index in [0.29, 0.717) is 63.4 Å². The van der Waals surface area contributed by atoms with Crippen LogP contribution in [0.1, 0.15) is 80.4 Å². The maximum atomic E-state index is 14.3. The fourth-order valence-electron chi connectivity index (χ4n) is 5.50. The largest absolute Gasteiger partial charge is 0.417 e. The number of aromatic nitrogens is 1. The van der Waals surface area contributed by atoms with Gasteiger partial charge >= 0.3 is 12.4 Å². The normalized spacial score (nSPS) is 18.7. The van der Waals surface area contributed by atoms with Crippen LogP contribution in [0.4, 0.5) is 26.3 Å². The Morgan fingerprint density at radius 1 is 1.00 bits per heavy atom. The van der Waals surface area contributed by atoms with Crippen molar-refractivity contribution in [1.29, 1.82) is 0 Å². The van der Waals surface area contributed by atoms with Crippen molar-refractivity contribution in [3.8, 4) is 11.3 Å². The number of ether oxygens (including phenoxy) is 1. The first-order chi connectivity index (χ1) is 19.6. The predicted molar refractivity (Wildman–Crippen MR) is 147 cm³/mol. The lowest BCUT2D eigenvalue weighted by atomic mass is 9.89. The molecule has 4 rings (SSSR count). The summed E-state index contributed by atoms with van der Waals surface area (Å²) in [7, 11) is -2.82. The van der Waals surface area contributed by atoms with Crippen molar-refractivity contribution >= 4 is 16.9 Å². The highest BCUT2D eigenvalue weighted by Crippen LogP contribution is 2.39. The summed E-state index contributed by atoms with van der Waals surface area (Å²) in [6.45, 7) is 4.76. The molecular weight excluding hydrogens is 584 g/mol. The van der Waals surface area contributed by atoms with Crippen molar-refractivity contribution in [2.45, 2.75) is 101 Å². The number of nitrogens with one attached hydrogen (secondary N) is 2. The van der Waals surface area contributed by atoms with E-state index in [-0.39, 0.29) is 23.4 Å². The van der Waals surface area contributed by atoms with Gasteiger partial charge in [-0.2, -0.15) is 26.3 Å². The number of hydrogen-bond acceptors (Lipinski definition) is 3. The molecule has 1 atom stereocenters. The van der Waals surface area contributed by atoms with Crippen molar-refractivity contribution in [3.63, 3.8) is 0 Å². The summed E-state index contributed by atoms with van der Waals surface area (Å²) < 4.78 is 105. The van der Waals surface area contributed by atoms with Crippen LogP contribution >= 0.6 is 0 Å². The van der Waals surface area contributed by atoms with Crippen LogP contribution in [0.5, 0.6) is 0 Å². The second kappa shape index (κ2) is 12.7. The maximum Gasteiger partial charge on any atom is 0.417 e. The molecule has 0 radical (unpaired) electrons. The molecule has 6 nitrogen and oxygen atoms in total. The number of carbonyl (C=O) groups excluding carboxylic acids is 1. The Balaban J connectivity index is 1.75. The van der Waals surface area contributed by atoms with E-state index >= 15 is 0 Å². The second-order valence-electron chi connectivity index (χ2n) is 11.7. The van der Waals surface area contributed by atoms with Crippen LogP contribution in [0.25, 0.3) is 11.3 Å². The van der Waals surface area contributed by atoms with Gasteiger partial charge in [0.15, 0.2) is 0 Å². The van der Waals surface area contributed by atoms with E-state index in [1.165, 1.54) is 6.07 Å². The van der Waals surface area contributed by atoms with Gasteiger partial charge in [-0.1, -0.05) is 25.3 Å². The molecule has 1 aromatic carbocycles. The lowest BCUT2D eigenvalue weighted by molar-refractivity contribution is -0.179.